The van der Waals surface area contributed by atoms with Crippen LogP contribution in [0.3, 0.4) is 0 Å². The molecular weight excluding hydrogens is 330 g/mol. The first-order valence-corrected chi connectivity index (χ1v) is 7.56. The molecule has 0 radical (unpaired) electrons. The van der Waals surface area contributed by atoms with Crippen molar-refractivity contribution < 1.29 is 19.1 Å². The summed E-state index contributed by atoms with van der Waals surface area (Å²) < 4.78 is 5.17. The van der Waals surface area contributed by atoms with Gasteiger partial charge in [-0.15, -0.1) is 0 Å². The van der Waals surface area contributed by atoms with Gasteiger partial charge in [-0.05, 0) is 36.4 Å². The molecule has 6 heteroatoms. The molecule has 2 aromatic carbocycles. The standard InChI is InChI=1S/C18H16ClNO4/c1-20(2)18(23)24-17-6-4-3-5-14(17)16(22)11-15(21)12-7-9-13(19)10-8-12/h3-10H,11H2,1-2H3. The van der Waals surface area contributed by atoms with Crippen molar-refractivity contribution >= 4 is 29.3 Å². The van der Waals surface area contributed by atoms with Gasteiger partial charge in [-0.1, -0.05) is 23.7 Å². The largest absolute Gasteiger partial charge is 0.414 e. The summed E-state index contributed by atoms with van der Waals surface area (Å²) in [5.41, 5.74) is 0.588. The first-order chi connectivity index (χ1) is 11.4. The summed E-state index contributed by atoms with van der Waals surface area (Å²) in [5.74, 6) is -0.618. The minimum atomic E-state index is -0.598. The van der Waals surface area contributed by atoms with E-state index in [1.54, 1.807) is 36.4 Å². The Morgan fingerprint density at radius 3 is 2.21 bits per heavy atom. The predicted molar refractivity (Wildman–Crippen MR) is 90.9 cm³/mol. The third-order valence-corrected chi connectivity index (χ3v) is 3.49. The summed E-state index contributed by atoms with van der Waals surface area (Å²) in [6.45, 7) is 0. The van der Waals surface area contributed by atoms with E-state index in [0.717, 1.165) is 0 Å². The number of halogens is 1. The van der Waals surface area contributed by atoms with Crippen LogP contribution in [0.1, 0.15) is 27.1 Å². The van der Waals surface area contributed by atoms with Crippen molar-refractivity contribution in [2.75, 3.05) is 14.1 Å². The normalized spacial score (nSPS) is 10.1. The molecule has 1 amide bonds. The van der Waals surface area contributed by atoms with Crippen molar-refractivity contribution in [2.24, 2.45) is 0 Å². The van der Waals surface area contributed by atoms with Gasteiger partial charge in [0, 0.05) is 24.7 Å². The summed E-state index contributed by atoms with van der Waals surface area (Å²) in [5, 5.41) is 0.513. The fourth-order valence-electron chi connectivity index (χ4n) is 1.95. The number of hydrogen-bond acceptors (Lipinski definition) is 4. The van der Waals surface area contributed by atoms with E-state index >= 15 is 0 Å². The second kappa shape index (κ2) is 7.75. The Morgan fingerprint density at radius 2 is 1.58 bits per heavy atom. The van der Waals surface area contributed by atoms with Gasteiger partial charge >= 0.3 is 6.09 Å². The first kappa shape index (κ1) is 17.7. The van der Waals surface area contributed by atoms with Gasteiger partial charge in [0.1, 0.15) is 5.75 Å². The second-order valence-corrected chi connectivity index (χ2v) is 5.73. The highest BCUT2D eigenvalue weighted by Crippen LogP contribution is 2.21. The van der Waals surface area contributed by atoms with Crippen LogP contribution < -0.4 is 4.74 Å². The number of carbonyl (C=O) groups is 3. The molecule has 0 aliphatic heterocycles. The zero-order valence-electron chi connectivity index (χ0n) is 13.3. The third-order valence-electron chi connectivity index (χ3n) is 3.24. The van der Waals surface area contributed by atoms with Crippen LogP contribution in [0, 0.1) is 0 Å². The van der Waals surface area contributed by atoms with E-state index in [0.29, 0.717) is 10.6 Å². The van der Waals surface area contributed by atoms with E-state index < -0.39 is 11.9 Å². The molecule has 0 aliphatic rings. The van der Waals surface area contributed by atoms with Gasteiger partial charge in [-0.3, -0.25) is 9.59 Å². The maximum atomic E-state index is 12.4. The van der Waals surface area contributed by atoms with E-state index in [1.165, 1.54) is 31.1 Å². The van der Waals surface area contributed by atoms with E-state index in [-0.39, 0.29) is 23.5 Å². The molecule has 24 heavy (non-hydrogen) atoms. The minimum absolute atomic E-state index is 0.130. The molecule has 2 aromatic rings. The Bertz CT molecular complexity index is 769. The van der Waals surface area contributed by atoms with E-state index in [2.05, 4.69) is 0 Å². The number of amides is 1. The van der Waals surface area contributed by atoms with Crippen LogP contribution in [-0.4, -0.2) is 36.7 Å². The molecule has 124 valence electrons. The van der Waals surface area contributed by atoms with Crippen molar-refractivity contribution in [3.8, 4) is 5.75 Å². The summed E-state index contributed by atoms with van der Waals surface area (Å²) in [4.78, 5) is 37.5. The van der Waals surface area contributed by atoms with Gasteiger partial charge in [0.25, 0.3) is 0 Å². The van der Waals surface area contributed by atoms with E-state index in [1.807, 2.05) is 0 Å². The van der Waals surface area contributed by atoms with E-state index in [4.69, 9.17) is 16.3 Å². The zero-order chi connectivity index (χ0) is 17.7. The van der Waals surface area contributed by atoms with Crippen molar-refractivity contribution in [3.05, 3.63) is 64.7 Å². The number of nitrogens with zero attached hydrogens (tertiary/aromatic N) is 1. The van der Waals surface area contributed by atoms with Crippen LogP contribution in [0.25, 0.3) is 0 Å². The molecule has 0 unspecified atom stereocenters. The number of para-hydroxylation sites is 1. The highest BCUT2D eigenvalue weighted by Gasteiger charge is 2.19. The summed E-state index contributed by atoms with van der Waals surface area (Å²) in [7, 11) is 3.08. The molecule has 0 saturated heterocycles. The number of benzene rings is 2. The van der Waals surface area contributed by atoms with Crippen LogP contribution in [0.15, 0.2) is 48.5 Å². The molecule has 0 fully saturated rings. The van der Waals surface area contributed by atoms with Crippen LogP contribution in [0.5, 0.6) is 5.75 Å². The Hall–Kier alpha value is -2.66. The SMILES string of the molecule is CN(C)C(=O)Oc1ccccc1C(=O)CC(=O)c1ccc(Cl)cc1. The van der Waals surface area contributed by atoms with Gasteiger partial charge in [-0.2, -0.15) is 0 Å². The predicted octanol–water partition coefficient (Wildman–Crippen LogP) is 3.86. The molecule has 2 rings (SSSR count). The Kier molecular flexibility index (Phi) is 5.71. The number of hydrogen-bond donors (Lipinski definition) is 0. The fourth-order valence-corrected chi connectivity index (χ4v) is 2.08. The quantitative estimate of drug-likeness (QED) is 0.609. The zero-order valence-corrected chi connectivity index (χ0v) is 14.0. The lowest BCUT2D eigenvalue weighted by atomic mass is 10.0. The summed E-state index contributed by atoms with van der Waals surface area (Å²) in [6, 6.07) is 12.6. The van der Waals surface area contributed by atoms with Gasteiger partial charge < -0.3 is 9.64 Å². The number of ether oxygens (including phenoxy) is 1. The van der Waals surface area contributed by atoms with Crippen molar-refractivity contribution in [3.63, 3.8) is 0 Å². The fraction of sp³-hybridized carbons (Fsp3) is 0.167. The maximum Gasteiger partial charge on any atom is 0.414 e. The molecule has 0 N–H and O–H groups in total. The molecule has 0 atom stereocenters. The number of rotatable bonds is 5. The highest BCUT2D eigenvalue weighted by molar-refractivity contribution is 6.30. The monoisotopic (exact) mass is 345 g/mol. The maximum absolute atomic E-state index is 12.4. The van der Waals surface area contributed by atoms with Crippen molar-refractivity contribution in [1.29, 1.82) is 0 Å². The van der Waals surface area contributed by atoms with Crippen LogP contribution in [0.4, 0.5) is 4.79 Å². The average molecular weight is 346 g/mol. The third kappa shape index (κ3) is 4.43. The molecule has 0 aromatic heterocycles. The van der Waals surface area contributed by atoms with Gasteiger partial charge in [0.2, 0.25) is 0 Å². The topological polar surface area (TPSA) is 63.7 Å². The number of ketones is 2. The molecule has 5 nitrogen and oxygen atoms in total. The molecule has 0 saturated carbocycles. The Morgan fingerprint density at radius 1 is 0.958 bits per heavy atom. The van der Waals surface area contributed by atoms with Crippen LogP contribution in [0.2, 0.25) is 5.02 Å². The van der Waals surface area contributed by atoms with Gasteiger partial charge in [0.15, 0.2) is 11.6 Å². The molecule has 0 spiro atoms. The second-order valence-electron chi connectivity index (χ2n) is 5.29. The summed E-state index contributed by atoms with van der Waals surface area (Å²) >= 11 is 5.78. The number of Topliss-reactive ketones (excluding diaryl/α,β-unsaturated/α-hetero) is 2. The minimum Gasteiger partial charge on any atom is -0.409 e. The van der Waals surface area contributed by atoms with E-state index in [9.17, 15) is 14.4 Å². The molecular formula is C18H16ClNO4. The van der Waals surface area contributed by atoms with Gasteiger partial charge in [-0.25, -0.2) is 4.79 Å². The van der Waals surface area contributed by atoms with Crippen molar-refractivity contribution in [2.45, 2.75) is 6.42 Å². The summed E-state index contributed by atoms with van der Waals surface area (Å²) in [6.07, 6.45) is -0.919. The lowest BCUT2D eigenvalue weighted by molar-refractivity contribution is 0.0893. The van der Waals surface area contributed by atoms with Crippen molar-refractivity contribution in [1.82, 2.24) is 4.90 Å². The lowest BCUT2D eigenvalue weighted by Gasteiger charge is -2.13. The first-order valence-electron chi connectivity index (χ1n) is 7.18. The average Bonchev–Trinajstić information content (AvgIpc) is 2.55. The molecule has 0 aliphatic carbocycles. The molecule has 0 heterocycles. The highest BCUT2D eigenvalue weighted by atomic mass is 35.5. The Labute approximate surface area is 144 Å². The van der Waals surface area contributed by atoms with Gasteiger partial charge in [0.05, 0.1) is 12.0 Å². The van der Waals surface area contributed by atoms with Crippen LogP contribution >= 0.6 is 11.6 Å². The molecule has 0 bridgehead atoms. The smallest absolute Gasteiger partial charge is 0.409 e. The lowest BCUT2D eigenvalue weighted by Crippen LogP contribution is -2.26. The number of carbonyl (C=O) groups excluding carboxylic acids is 3. The van der Waals surface area contributed by atoms with Crippen LogP contribution in [-0.2, 0) is 0 Å². The Balaban J connectivity index is 2.16.